The molecule has 2 heterocycles. The van der Waals surface area contributed by atoms with Gasteiger partial charge in [-0.25, -0.2) is 17.6 Å². The molecule has 0 spiro atoms. The van der Waals surface area contributed by atoms with Crippen molar-refractivity contribution in [2.24, 2.45) is 7.05 Å². The van der Waals surface area contributed by atoms with Crippen molar-refractivity contribution in [2.75, 3.05) is 31.5 Å². The van der Waals surface area contributed by atoms with Crippen LogP contribution in [0.15, 0.2) is 35.2 Å². The van der Waals surface area contributed by atoms with Crippen molar-refractivity contribution < 1.29 is 17.6 Å². The normalized spacial score (nSPS) is 15.9. The predicted molar refractivity (Wildman–Crippen MR) is 93.7 cm³/mol. The van der Waals surface area contributed by atoms with Crippen LogP contribution in [0.5, 0.6) is 0 Å². The van der Waals surface area contributed by atoms with Crippen LogP contribution in [0.1, 0.15) is 5.69 Å². The first-order chi connectivity index (χ1) is 12.3. The second-order valence-electron chi connectivity index (χ2n) is 6.07. The number of rotatable bonds is 3. The van der Waals surface area contributed by atoms with E-state index in [9.17, 15) is 17.6 Å². The van der Waals surface area contributed by atoms with Gasteiger partial charge in [0.2, 0.25) is 10.0 Å². The molecule has 3 rings (SSSR count). The Morgan fingerprint density at radius 1 is 1.19 bits per heavy atom. The van der Waals surface area contributed by atoms with Gasteiger partial charge in [0, 0.05) is 39.3 Å². The summed E-state index contributed by atoms with van der Waals surface area (Å²) in [7, 11) is -2.05. The van der Waals surface area contributed by atoms with Gasteiger partial charge in [0.25, 0.3) is 0 Å². The maximum Gasteiger partial charge on any atom is 0.323 e. The summed E-state index contributed by atoms with van der Waals surface area (Å²) >= 11 is 0. The molecule has 1 saturated heterocycles. The molecule has 2 amide bonds. The van der Waals surface area contributed by atoms with E-state index in [0.717, 1.165) is 11.8 Å². The van der Waals surface area contributed by atoms with Crippen molar-refractivity contribution in [3.63, 3.8) is 0 Å². The third-order valence-electron chi connectivity index (χ3n) is 4.20. The highest BCUT2D eigenvalue weighted by Gasteiger charge is 2.30. The monoisotopic (exact) mass is 381 g/mol. The molecule has 1 N–H and O–H groups in total. The number of amides is 2. The zero-order valence-corrected chi connectivity index (χ0v) is 15.3. The van der Waals surface area contributed by atoms with E-state index in [0.29, 0.717) is 5.82 Å². The number of benzene rings is 1. The fraction of sp³-hybridized carbons (Fsp3) is 0.375. The van der Waals surface area contributed by atoms with E-state index < -0.39 is 15.8 Å². The van der Waals surface area contributed by atoms with Gasteiger partial charge in [-0.2, -0.15) is 9.40 Å². The Labute approximate surface area is 151 Å². The van der Waals surface area contributed by atoms with Crippen LogP contribution in [0.3, 0.4) is 0 Å². The molecule has 0 atom stereocenters. The SMILES string of the molecule is Cc1cc(NC(=O)N2CCN(S(=O)(=O)c3cccc(F)c3)CC2)n(C)n1. The molecule has 1 fully saturated rings. The molecule has 0 radical (unpaired) electrons. The largest absolute Gasteiger partial charge is 0.323 e. The Bertz CT molecular complexity index is 920. The lowest BCUT2D eigenvalue weighted by Crippen LogP contribution is -2.51. The topological polar surface area (TPSA) is 87.5 Å². The first kappa shape index (κ1) is 18.3. The number of hydrogen-bond acceptors (Lipinski definition) is 4. The van der Waals surface area contributed by atoms with Crippen LogP contribution in [0.4, 0.5) is 15.0 Å². The number of carbonyl (C=O) groups is 1. The minimum Gasteiger partial charge on any atom is -0.322 e. The van der Waals surface area contributed by atoms with Crippen LogP contribution >= 0.6 is 0 Å². The Morgan fingerprint density at radius 2 is 1.88 bits per heavy atom. The summed E-state index contributed by atoms with van der Waals surface area (Å²) in [6, 6.07) is 6.36. The number of nitrogens with zero attached hydrogens (tertiary/aromatic N) is 4. The molecule has 0 bridgehead atoms. The predicted octanol–water partition coefficient (Wildman–Crippen LogP) is 1.41. The van der Waals surface area contributed by atoms with Crippen molar-refractivity contribution in [1.82, 2.24) is 19.0 Å². The lowest BCUT2D eigenvalue weighted by atomic mass is 10.3. The summed E-state index contributed by atoms with van der Waals surface area (Å²) in [4.78, 5) is 13.8. The van der Waals surface area contributed by atoms with E-state index in [-0.39, 0.29) is 37.1 Å². The van der Waals surface area contributed by atoms with Gasteiger partial charge >= 0.3 is 6.03 Å². The molecule has 1 aliphatic rings. The van der Waals surface area contributed by atoms with Gasteiger partial charge in [-0.15, -0.1) is 0 Å². The Morgan fingerprint density at radius 3 is 2.46 bits per heavy atom. The van der Waals surface area contributed by atoms with E-state index in [1.807, 2.05) is 6.92 Å². The van der Waals surface area contributed by atoms with Crippen LogP contribution in [0.2, 0.25) is 0 Å². The number of aromatic nitrogens is 2. The van der Waals surface area contributed by atoms with Crippen LogP contribution in [-0.4, -0.2) is 59.6 Å². The number of anilines is 1. The zero-order chi connectivity index (χ0) is 18.9. The highest BCUT2D eigenvalue weighted by Crippen LogP contribution is 2.19. The Hall–Kier alpha value is -2.46. The molecule has 1 aromatic carbocycles. The van der Waals surface area contributed by atoms with E-state index >= 15 is 0 Å². The number of halogens is 1. The highest BCUT2D eigenvalue weighted by atomic mass is 32.2. The Balaban J connectivity index is 1.63. The smallest absolute Gasteiger partial charge is 0.322 e. The van der Waals surface area contributed by atoms with Gasteiger partial charge in [-0.05, 0) is 25.1 Å². The molecule has 10 heteroatoms. The fourth-order valence-electron chi connectivity index (χ4n) is 2.82. The number of carbonyl (C=O) groups excluding carboxylic acids is 1. The van der Waals surface area contributed by atoms with Crippen molar-refractivity contribution >= 4 is 21.9 Å². The van der Waals surface area contributed by atoms with Crippen molar-refractivity contribution in [3.8, 4) is 0 Å². The molecule has 0 aliphatic carbocycles. The standard InChI is InChI=1S/C16H20FN5O3S/c1-12-10-15(20(2)19-12)18-16(23)21-6-8-22(9-7-21)26(24,25)14-5-3-4-13(17)11-14/h3-5,10-11H,6-9H2,1-2H3,(H,18,23). The van der Waals surface area contributed by atoms with Gasteiger partial charge in [-0.3, -0.25) is 10.00 Å². The number of sulfonamides is 1. The molecule has 2 aromatic rings. The number of piperazine rings is 1. The number of hydrogen-bond donors (Lipinski definition) is 1. The van der Waals surface area contributed by atoms with Crippen molar-refractivity contribution in [1.29, 1.82) is 0 Å². The summed E-state index contributed by atoms with van der Waals surface area (Å²) in [5.41, 5.74) is 0.786. The molecule has 26 heavy (non-hydrogen) atoms. The maximum atomic E-state index is 13.3. The van der Waals surface area contributed by atoms with Gasteiger partial charge in [-0.1, -0.05) is 6.07 Å². The minimum atomic E-state index is -3.78. The first-order valence-electron chi connectivity index (χ1n) is 8.09. The van der Waals surface area contributed by atoms with E-state index in [4.69, 9.17) is 0 Å². The quantitative estimate of drug-likeness (QED) is 0.871. The highest BCUT2D eigenvalue weighted by molar-refractivity contribution is 7.89. The number of urea groups is 1. The second-order valence-corrected chi connectivity index (χ2v) is 8.01. The van der Waals surface area contributed by atoms with Gasteiger partial charge in [0.1, 0.15) is 11.6 Å². The number of aryl methyl sites for hydroxylation is 2. The number of nitrogens with one attached hydrogen (secondary N) is 1. The molecule has 140 valence electrons. The average Bonchev–Trinajstić information content (AvgIpc) is 2.92. The van der Waals surface area contributed by atoms with Crippen LogP contribution in [0, 0.1) is 12.7 Å². The zero-order valence-electron chi connectivity index (χ0n) is 14.5. The summed E-state index contributed by atoms with van der Waals surface area (Å²) in [5.74, 6) is -0.0297. The lowest BCUT2D eigenvalue weighted by Gasteiger charge is -2.33. The fourth-order valence-corrected chi connectivity index (χ4v) is 4.28. The maximum absolute atomic E-state index is 13.3. The molecule has 0 saturated carbocycles. The molecule has 1 aliphatic heterocycles. The minimum absolute atomic E-state index is 0.0826. The van der Waals surface area contributed by atoms with Crippen LogP contribution in [0.25, 0.3) is 0 Å². The van der Waals surface area contributed by atoms with E-state index in [1.165, 1.54) is 22.5 Å². The van der Waals surface area contributed by atoms with Crippen LogP contribution in [-0.2, 0) is 17.1 Å². The summed E-state index contributed by atoms with van der Waals surface area (Å²) in [6.45, 7) is 2.62. The summed E-state index contributed by atoms with van der Waals surface area (Å²) in [6.07, 6.45) is 0. The third kappa shape index (κ3) is 3.70. The Kier molecular flexibility index (Phi) is 4.97. The molecule has 1 aromatic heterocycles. The second kappa shape index (κ2) is 7.04. The summed E-state index contributed by atoms with van der Waals surface area (Å²) in [5, 5.41) is 6.92. The van der Waals surface area contributed by atoms with Crippen LogP contribution < -0.4 is 5.32 Å². The van der Waals surface area contributed by atoms with E-state index in [1.54, 1.807) is 22.7 Å². The molecular formula is C16H20FN5O3S. The summed E-state index contributed by atoms with van der Waals surface area (Å²) < 4.78 is 41.3. The molecule has 0 unspecified atom stereocenters. The van der Waals surface area contributed by atoms with Gasteiger partial charge in [0.05, 0.1) is 10.6 Å². The molecular weight excluding hydrogens is 361 g/mol. The van der Waals surface area contributed by atoms with Crippen molar-refractivity contribution in [2.45, 2.75) is 11.8 Å². The first-order valence-corrected chi connectivity index (χ1v) is 9.53. The van der Waals surface area contributed by atoms with Gasteiger partial charge < -0.3 is 4.90 Å². The average molecular weight is 381 g/mol. The van der Waals surface area contributed by atoms with Gasteiger partial charge in [0.15, 0.2) is 0 Å². The lowest BCUT2D eigenvalue weighted by molar-refractivity contribution is 0.184. The third-order valence-corrected chi connectivity index (χ3v) is 6.09. The van der Waals surface area contributed by atoms with Crippen molar-refractivity contribution in [3.05, 3.63) is 41.8 Å². The van der Waals surface area contributed by atoms with E-state index in [2.05, 4.69) is 10.4 Å². The molecule has 8 nitrogen and oxygen atoms in total.